The molecule has 1 aliphatic carbocycles. The first kappa shape index (κ1) is 16.0. The lowest BCUT2D eigenvalue weighted by atomic mass is 9.96. The van der Waals surface area contributed by atoms with Crippen LogP contribution < -0.4 is 4.18 Å². The van der Waals surface area contributed by atoms with E-state index >= 15 is 0 Å². The van der Waals surface area contributed by atoms with Gasteiger partial charge in [-0.1, -0.05) is 0 Å². The number of fused-ring (bicyclic) bond motifs is 3. The number of benzene rings is 1. The van der Waals surface area contributed by atoms with E-state index in [4.69, 9.17) is 13.3 Å². The Balaban J connectivity index is 1.55. The molecule has 130 valence electrons. The van der Waals surface area contributed by atoms with Crippen molar-refractivity contribution in [3.63, 3.8) is 0 Å². The van der Waals surface area contributed by atoms with Gasteiger partial charge in [0.05, 0.1) is 6.10 Å². The molecule has 1 fully saturated rings. The maximum atomic E-state index is 12.3. The lowest BCUT2D eigenvalue weighted by Gasteiger charge is -2.22. The molecule has 2 aromatic rings. The van der Waals surface area contributed by atoms with E-state index in [2.05, 4.69) is 0 Å². The first-order valence-electron chi connectivity index (χ1n) is 8.69. The van der Waals surface area contributed by atoms with E-state index < -0.39 is 10.1 Å². The van der Waals surface area contributed by atoms with E-state index in [-0.39, 0.29) is 11.9 Å². The molecular formula is C18H22O5S. The number of aryl methyl sites for hydroxylation is 2. The van der Waals surface area contributed by atoms with Crippen LogP contribution in [0.15, 0.2) is 22.6 Å². The van der Waals surface area contributed by atoms with Gasteiger partial charge in [-0.2, -0.15) is 8.42 Å². The maximum Gasteiger partial charge on any atom is 0.311 e. The van der Waals surface area contributed by atoms with Crippen molar-refractivity contribution in [1.29, 1.82) is 0 Å². The standard InChI is InChI=1S/C18H22O5S/c19-24(20,12-14-5-3-4-10-21-14)23-13-8-9-18-16(11-13)15-6-1-2-7-17(15)22-18/h8-9,11,14H,1-7,10,12H2. The lowest BCUT2D eigenvalue weighted by molar-refractivity contribution is 0.0298. The van der Waals surface area contributed by atoms with Crippen molar-refractivity contribution in [3.05, 3.63) is 29.5 Å². The topological polar surface area (TPSA) is 65.7 Å². The van der Waals surface area contributed by atoms with E-state index in [9.17, 15) is 8.42 Å². The van der Waals surface area contributed by atoms with E-state index in [1.807, 2.05) is 0 Å². The highest BCUT2D eigenvalue weighted by Gasteiger charge is 2.24. The molecule has 2 heterocycles. The molecule has 24 heavy (non-hydrogen) atoms. The summed E-state index contributed by atoms with van der Waals surface area (Å²) < 4.78 is 41.3. The average Bonchev–Trinajstić information content (AvgIpc) is 2.93. The first-order valence-corrected chi connectivity index (χ1v) is 10.3. The van der Waals surface area contributed by atoms with Gasteiger partial charge in [0, 0.05) is 24.0 Å². The first-order chi connectivity index (χ1) is 11.6. The monoisotopic (exact) mass is 350 g/mol. The second kappa shape index (κ2) is 6.41. The van der Waals surface area contributed by atoms with Crippen LogP contribution in [0.3, 0.4) is 0 Å². The average molecular weight is 350 g/mol. The van der Waals surface area contributed by atoms with Gasteiger partial charge in [-0.05, 0) is 56.7 Å². The molecule has 0 saturated carbocycles. The third-order valence-electron chi connectivity index (χ3n) is 4.81. The molecule has 0 spiro atoms. The second-order valence-corrected chi connectivity index (χ2v) is 8.28. The van der Waals surface area contributed by atoms with Gasteiger partial charge in [-0.15, -0.1) is 0 Å². The van der Waals surface area contributed by atoms with Crippen molar-refractivity contribution in [1.82, 2.24) is 0 Å². The summed E-state index contributed by atoms with van der Waals surface area (Å²) in [5.74, 6) is 1.30. The van der Waals surface area contributed by atoms with E-state index in [0.29, 0.717) is 12.4 Å². The number of furan rings is 1. The smallest absolute Gasteiger partial charge is 0.311 e. The highest BCUT2D eigenvalue weighted by Crippen LogP contribution is 2.34. The van der Waals surface area contributed by atoms with Gasteiger partial charge in [0.2, 0.25) is 0 Å². The van der Waals surface area contributed by atoms with Crippen molar-refractivity contribution in [2.24, 2.45) is 0 Å². The number of hydrogen-bond donors (Lipinski definition) is 0. The normalized spacial score (nSPS) is 21.6. The summed E-state index contributed by atoms with van der Waals surface area (Å²) in [6, 6.07) is 5.26. The zero-order chi connectivity index (χ0) is 16.6. The number of rotatable bonds is 4. The van der Waals surface area contributed by atoms with Crippen LogP contribution in [0.25, 0.3) is 11.0 Å². The third kappa shape index (κ3) is 3.30. The van der Waals surface area contributed by atoms with Gasteiger partial charge in [-0.25, -0.2) is 0 Å². The minimum Gasteiger partial charge on any atom is -0.461 e. The van der Waals surface area contributed by atoms with Gasteiger partial charge in [0.15, 0.2) is 0 Å². The van der Waals surface area contributed by atoms with Crippen molar-refractivity contribution in [3.8, 4) is 5.75 Å². The number of ether oxygens (including phenoxy) is 1. The minimum atomic E-state index is -3.66. The summed E-state index contributed by atoms with van der Waals surface area (Å²) in [7, 11) is -3.66. The summed E-state index contributed by atoms with van der Waals surface area (Å²) in [4.78, 5) is 0. The van der Waals surface area contributed by atoms with Crippen LogP contribution in [0.5, 0.6) is 5.75 Å². The SMILES string of the molecule is O=S(=O)(CC1CCCCO1)Oc1ccc2oc3c(c2c1)CCCC3. The Kier molecular flexibility index (Phi) is 4.26. The molecule has 1 saturated heterocycles. The Hall–Kier alpha value is -1.53. The molecule has 5 nitrogen and oxygen atoms in total. The molecule has 1 aromatic heterocycles. The van der Waals surface area contributed by atoms with Crippen molar-refractivity contribution in [2.75, 3.05) is 12.4 Å². The molecule has 1 unspecified atom stereocenters. The van der Waals surface area contributed by atoms with Crippen LogP contribution in [0.2, 0.25) is 0 Å². The second-order valence-electron chi connectivity index (χ2n) is 6.67. The Morgan fingerprint density at radius 3 is 2.83 bits per heavy atom. The van der Waals surface area contributed by atoms with Gasteiger partial charge in [-0.3, -0.25) is 0 Å². The Bertz CT molecular complexity index is 830. The molecular weight excluding hydrogens is 328 g/mol. The van der Waals surface area contributed by atoms with Crippen LogP contribution in [0.1, 0.15) is 43.4 Å². The Morgan fingerprint density at radius 1 is 1.12 bits per heavy atom. The van der Waals surface area contributed by atoms with Crippen LogP contribution in [0, 0.1) is 0 Å². The Labute approximate surface area is 142 Å². The van der Waals surface area contributed by atoms with E-state index in [1.54, 1.807) is 18.2 Å². The van der Waals surface area contributed by atoms with Crippen molar-refractivity contribution >= 4 is 21.1 Å². The van der Waals surface area contributed by atoms with Crippen LogP contribution in [-0.4, -0.2) is 26.9 Å². The highest BCUT2D eigenvalue weighted by atomic mass is 32.2. The maximum absolute atomic E-state index is 12.3. The molecule has 4 rings (SSSR count). The molecule has 0 N–H and O–H groups in total. The Morgan fingerprint density at radius 2 is 2.00 bits per heavy atom. The third-order valence-corrected chi connectivity index (χ3v) is 6.04. The van der Waals surface area contributed by atoms with Gasteiger partial charge in [0.25, 0.3) is 0 Å². The van der Waals surface area contributed by atoms with Crippen molar-refractivity contribution < 1.29 is 21.8 Å². The highest BCUT2D eigenvalue weighted by molar-refractivity contribution is 7.87. The fourth-order valence-electron chi connectivity index (χ4n) is 3.64. The minimum absolute atomic E-state index is 0.0888. The van der Waals surface area contributed by atoms with Crippen LogP contribution in [-0.2, 0) is 27.7 Å². The predicted molar refractivity (Wildman–Crippen MR) is 90.9 cm³/mol. The van der Waals surface area contributed by atoms with Gasteiger partial charge >= 0.3 is 10.1 Å². The lowest BCUT2D eigenvalue weighted by Crippen LogP contribution is -2.29. The molecule has 1 atom stereocenters. The van der Waals surface area contributed by atoms with Crippen molar-refractivity contribution in [2.45, 2.75) is 51.0 Å². The zero-order valence-electron chi connectivity index (χ0n) is 13.6. The largest absolute Gasteiger partial charge is 0.461 e. The summed E-state index contributed by atoms with van der Waals surface area (Å²) >= 11 is 0. The number of hydrogen-bond acceptors (Lipinski definition) is 5. The summed E-state index contributed by atoms with van der Waals surface area (Å²) in [5.41, 5.74) is 2.01. The molecule has 6 heteroatoms. The quantitative estimate of drug-likeness (QED) is 0.789. The summed E-state index contributed by atoms with van der Waals surface area (Å²) in [6.45, 7) is 0.632. The molecule has 0 bridgehead atoms. The van der Waals surface area contributed by atoms with E-state index in [0.717, 1.165) is 61.7 Å². The fraction of sp³-hybridized carbons (Fsp3) is 0.556. The van der Waals surface area contributed by atoms with E-state index in [1.165, 1.54) is 5.56 Å². The molecule has 2 aliphatic rings. The van der Waals surface area contributed by atoms with Gasteiger partial charge < -0.3 is 13.3 Å². The van der Waals surface area contributed by atoms with Crippen LogP contribution in [0.4, 0.5) is 0 Å². The molecule has 0 radical (unpaired) electrons. The van der Waals surface area contributed by atoms with Gasteiger partial charge in [0.1, 0.15) is 22.8 Å². The molecule has 1 aromatic carbocycles. The zero-order valence-corrected chi connectivity index (χ0v) is 14.4. The summed E-state index contributed by atoms with van der Waals surface area (Å²) in [5, 5.41) is 0.978. The predicted octanol–water partition coefficient (Wildman–Crippen LogP) is 3.59. The molecule has 1 aliphatic heterocycles. The molecule has 0 amide bonds. The fourth-order valence-corrected chi connectivity index (χ4v) is 4.82. The van der Waals surface area contributed by atoms with Crippen LogP contribution >= 0.6 is 0 Å². The summed E-state index contributed by atoms with van der Waals surface area (Å²) in [6.07, 6.45) is 6.75.